The molecule has 1 aromatic carbocycles. The van der Waals surface area contributed by atoms with E-state index in [0.717, 1.165) is 12.5 Å². The Morgan fingerprint density at radius 1 is 1.29 bits per heavy atom. The van der Waals surface area contributed by atoms with Gasteiger partial charge in [0.1, 0.15) is 0 Å². The highest BCUT2D eigenvalue weighted by molar-refractivity contribution is 5.23. The van der Waals surface area contributed by atoms with E-state index >= 15 is 0 Å². The Hall–Kier alpha value is -0.860. The quantitative estimate of drug-likeness (QED) is 0.868. The molecule has 2 rings (SSSR count). The minimum atomic E-state index is -0.250. The van der Waals surface area contributed by atoms with Gasteiger partial charge in [-0.1, -0.05) is 37.3 Å². The molecule has 0 aliphatic carbocycles. The van der Waals surface area contributed by atoms with E-state index in [1.165, 1.54) is 18.5 Å². The summed E-state index contributed by atoms with van der Waals surface area (Å²) in [5.41, 5.74) is 7.46. The third kappa shape index (κ3) is 2.88. The van der Waals surface area contributed by atoms with Crippen molar-refractivity contribution in [3.63, 3.8) is 0 Å². The maximum Gasteiger partial charge on any atom is 0.0510 e. The maximum absolute atomic E-state index is 6.48. The zero-order chi connectivity index (χ0) is 12.5. The van der Waals surface area contributed by atoms with Crippen LogP contribution in [-0.4, -0.2) is 24.0 Å². The summed E-state index contributed by atoms with van der Waals surface area (Å²) in [7, 11) is 0. The first-order chi connectivity index (χ1) is 7.99. The second kappa shape index (κ2) is 4.79. The zero-order valence-corrected chi connectivity index (χ0v) is 11.2. The molecule has 0 bridgehead atoms. The number of benzene rings is 1. The fourth-order valence-corrected chi connectivity index (χ4v) is 2.94. The van der Waals surface area contributed by atoms with Gasteiger partial charge in [-0.2, -0.15) is 0 Å². The average Bonchev–Trinajstić information content (AvgIpc) is 2.58. The van der Waals surface area contributed by atoms with E-state index in [9.17, 15) is 0 Å². The van der Waals surface area contributed by atoms with E-state index in [1.807, 2.05) is 6.07 Å². The van der Waals surface area contributed by atoms with Gasteiger partial charge in [0.15, 0.2) is 0 Å². The standard InChI is InChI=1S/C15H24N2/c1-12-9-13(2)17(10-12)11-15(3,16)14-7-5-4-6-8-14/h4-8,12-13H,9-11,16H2,1-3H3. The lowest BCUT2D eigenvalue weighted by Crippen LogP contribution is -2.46. The fourth-order valence-electron chi connectivity index (χ4n) is 2.94. The van der Waals surface area contributed by atoms with Crippen molar-refractivity contribution in [1.29, 1.82) is 0 Å². The summed E-state index contributed by atoms with van der Waals surface area (Å²) in [5.74, 6) is 0.802. The number of nitrogens with two attached hydrogens (primary N) is 1. The smallest absolute Gasteiger partial charge is 0.0510 e. The number of hydrogen-bond donors (Lipinski definition) is 1. The van der Waals surface area contributed by atoms with E-state index in [0.29, 0.717) is 6.04 Å². The fraction of sp³-hybridized carbons (Fsp3) is 0.600. The summed E-state index contributed by atoms with van der Waals surface area (Å²) in [6.07, 6.45) is 1.30. The third-order valence-corrected chi connectivity index (χ3v) is 3.88. The average molecular weight is 232 g/mol. The lowest BCUT2D eigenvalue weighted by atomic mass is 9.92. The van der Waals surface area contributed by atoms with Crippen molar-refractivity contribution >= 4 is 0 Å². The molecule has 2 nitrogen and oxygen atoms in total. The Morgan fingerprint density at radius 2 is 1.94 bits per heavy atom. The van der Waals surface area contributed by atoms with Crippen LogP contribution in [0.4, 0.5) is 0 Å². The summed E-state index contributed by atoms with van der Waals surface area (Å²) < 4.78 is 0. The SMILES string of the molecule is CC1CC(C)N(CC(C)(N)c2ccccc2)C1. The first kappa shape index (κ1) is 12.6. The van der Waals surface area contributed by atoms with Crippen molar-refractivity contribution in [2.45, 2.75) is 38.8 Å². The molecule has 1 fully saturated rings. The lowest BCUT2D eigenvalue weighted by molar-refractivity contribution is 0.209. The Labute approximate surface area is 105 Å². The van der Waals surface area contributed by atoms with E-state index in [2.05, 4.69) is 49.9 Å². The molecule has 0 radical (unpaired) electrons. The van der Waals surface area contributed by atoms with Crippen molar-refractivity contribution in [3.05, 3.63) is 35.9 Å². The van der Waals surface area contributed by atoms with Gasteiger partial charge in [-0.15, -0.1) is 0 Å². The monoisotopic (exact) mass is 232 g/mol. The molecular weight excluding hydrogens is 208 g/mol. The van der Waals surface area contributed by atoms with Crippen LogP contribution in [0.1, 0.15) is 32.8 Å². The van der Waals surface area contributed by atoms with Crippen LogP contribution in [0.2, 0.25) is 0 Å². The zero-order valence-electron chi connectivity index (χ0n) is 11.2. The second-order valence-corrected chi connectivity index (χ2v) is 5.90. The summed E-state index contributed by atoms with van der Waals surface area (Å²) >= 11 is 0. The predicted molar refractivity (Wildman–Crippen MR) is 72.8 cm³/mol. The normalized spacial score (nSPS) is 29.2. The predicted octanol–water partition coefficient (Wildman–Crippen LogP) is 2.59. The maximum atomic E-state index is 6.48. The van der Waals surface area contributed by atoms with Crippen LogP contribution in [0.5, 0.6) is 0 Å². The Balaban J connectivity index is 2.07. The Kier molecular flexibility index (Phi) is 3.55. The molecule has 3 atom stereocenters. The Morgan fingerprint density at radius 3 is 2.47 bits per heavy atom. The molecule has 1 saturated heterocycles. The molecule has 1 aliphatic rings. The topological polar surface area (TPSA) is 29.3 Å². The van der Waals surface area contributed by atoms with Crippen molar-refractivity contribution in [3.8, 4) is 0 Å². The van der Waals surface area contributed by atoms with Crippen molar-refractivity contribution in [2.24, 2.45) is 11.7 Å². The van der Waals surface area contributed by atoms with Crippen molar-refractivity contribution in [2.75, 3.05) is 13.1 Å². The highest BCUT2D eigenvalue weighted by Gasteiger charge is 2.32. The molecule has 0 aromatic heterocycles. The van der Waals surface area contributed by atoms with Gasteiger partial charge in [0, 0.05) is 19.1 Å². The molecule has 2 N–H and O–H groups in total. The molecule has 1 aromatic rings. The van der Waals surface area contributed by atoms with Crippen molar-refractivity contribution in [1.82, 2.24) is 4.90 Å². The highest BCUT2D eigenvalue weighted by Crippen LogP contribution is 2.27. The van der Waals surface area contributed by atoms with Gasteiger partial charge in [0.2, 0.25) is 0 Å². The van der Waals surface area contributed by atoms with Crippen LogP contribution >= 0.6 is 0 Å². The first-order valence-electron chi connectivity index (χ1n) is 6.57. The van der Waals surface area contributed by atoms with Gasteiger partial charge in [0.05, 0.1) is 5.54 Å². The largest absolute Gasteiger partial charge is 0.321 e. The summed E-state index contributed by atoms with van der Waals surface area (Å²) in [5, 5.41) is 0. The van der Waals surface area contributed by atoms with Crippen LogP contribution in [0.15, 0.2) is 30.3 Å². The minimum Gasteiger partial charge on any atom is -0.321 e. The molecule has 0 saturated carbocycles. The summed E-state index contributed by atoms with van der Waals surface area (Å²) in [4.78, 5) is 2.53. The van der Waals surface area contributed by atoms with Gasteiger partial charge in [-0.3, -0.25) is 4.90 Å². The third-order valence-electron chi connectivity index (χ3n) is 3.88. The number of nitrogens with zero attached hydrogens (tertiary/aromatic N) is 1. The van der Waals surface area contributed by atoms with Gasteiger partial charge in [-0.05, 0) is 31.7 Å². The van der Waals surface area contributed by atoms with Crippen molar-refractivity contribution < 1.29 is 0 Å². The van der Waals surface area contributed by atoms with E-state index in [4.69, 9.17) is 5.73 Å². The number of rotatable bonds is 3. The second-order valence-electron chi connectivity index (χ2n) is 5.90. The molecule has 94 valence electrons. The van der Waals surface area contributed by atoms with Gasteiger partial charge < -0.3 is 5.73 Å². The van der Waals surface area contributed by atoms with Crippen LogP contribution < -0.4 is 5.73 Å². The lowest BCUT2D eigenvalue weighted by Gasteiger charge is -2.33. The van der Waals surface area contributed by atoms with Crippen LogP contribution in [0.25, 0.3) is 0 Å². The van der Waals surface area contributed by atoms with E-state index in [1.54, 1.807) is 0 Å². The number of likely N-dealkylation sites (tertiary alicyclic amines) is 1. The molecule has 1 heterocycles. The van der Waals surface area contributed by atoms with Crippen LogP contribution in [0.3, 0.4) is 0 Å². The molecule has 0 spiro atoms. The van der Waals surface area contributed by atoms with Gasteiger partial charge >= 0.3 is 0 Å². The van der Waals surface area contributed by atoms with Crippen LogP contribution in [0, 0.1) is 5.92 Å². The summed E-state index contributed by atoms with van der Waals surface area (Å²) in [6, 6.07) is 11.1. The highest BCUT2D eigenvalue weighted by atomic mass is 15.2. The minimum absolute atomic E-state index is 0.250. The molecule has 0 amide bonds. The van der Waals surface area contributed by atoms with Crippen LogP contribution in [-0.2, 0) is 5.54 Å². The summed E-state index contributed by atoms with van der Waals surface area (Å²) in [6.45, 7) is 8.90. The molecule has 1 aliphatic heterocycles. The molecular formula is C15H24N2. The number of hydrogen-bond acceptors (Lipinski definition) is 2. The van der Waals surface area contributed by atoms with E-state index < -0.39 is 0 Å². The van der Waals surface area contributed by atoms with Gasteiger partial charge in [0.25, 0.3) is 0 Å². The van der Waals surface area contributed by atoms with E-state index in [-0.39, 0.29) is 5.54 Å². The molecule has 2 heteroatoms. The molecule has 17 heavy (non-hydrogen) atoms. The Bertz CT molecular complexity index is 358. The van der Waals surface area contributed by atoms with Gasteiger partial charge in [-0.25, -0.2) is 0 Å². The first-order valence-corrected chi connectivity index (χ1v) is 6.57. The molecule has 3 unspecified atom stereocenters.